The number of likely N-dealkylation sites (tertiary alicyclic amines) is 1. The summed E-state index contributed by atoms with van der Waals surface area (Å²) in [5, 5.41) is 3.62. The quantitative estimate of drug-likeness (QED) is 0.718. The van der Waals surface area contributed by atoms with Crippen LogP contribution in [0.15, 0.2) is 5.10 Å². The molecule has 0 aromatic heterocycles. The van der Waals surface area contributed by atoms with E-state index >= 15 is 0 Å². The van der Waals surface area contributed by atoms with E-state index in [-0.39, 0.29) is 37.0 Å². The first kappa shape index (κ1) is 13.5. The first-order chi connectivity index (χ1) is 9.16. The second-order valence-corrected chi connectivity index (χ2v) is 4.61. The molecule has 7 heteroatoms. The van der Waals surface area contributed by atoms with Crippen LogP contribution in [0.1, 0.15) is 32.1 Å². The third-order valence-electron chi connectivity index (χ3n) is 3.18. The zero-order chi connectivity index (χ0) is 13.7. The zero-order valence-electron chi connectivity index (χ0n) is 10.7. The lowest BCUT2D eigenvalue weighted by Crippen LogP contribution is -2.39. The first-order valence-corrected chi connectivity index (χ1v) is 6.47. The van der Waals surface area contributed by atoms with Crippen LogP contribution in [0, 0.1) is 0 Å². The summed E-state index contributed by atoms with van der Waals surface area (Å²) in [6.07, 6.45) is 3.60. The highest BCUT2D eigenvalue weighted by molar-refractivity contribution is 6.37. The maximum absolute atomic E-state index is 11.8. The molecule has 0 spiro atoms. The van der Waals surface area contributed by atoms with Gasteiger partial charge in [-0.05, 0) is 19.3 Å². The number of nitrogens with one attached hydrogen (secondary N) is 1. The fourth-order valence-electron chi connectivity index (χ4n) is 2.07. The summed E-state index contributed by atoms with van der Waals surface area (Å²) < 4.78 is 4.92. The normalized spacial score (nSPS) is 19.5. The summed E-state index contributed by atoms with van der Waals surface area (Å²) in [5.74, 6) is -1.03. The summed E-state index contributed by atoms with van der Waals surface area (Å²) >= 11 is 0. The number of amides is 2. The number of esters is 1. The Bertz CT molecular complexity index is 413. The Hall–Kier alpha value is -1.92. The molecule has 19 heavy (non-hydrogen) atoms. The van der Waals surface area contributed by atoms with Gasteiger partial charge < -0.3 is 9.64 Å². The van der Waals surface area contributed by atoms with E-state index in [2.05, 4.69) is 10.5 Å². The first-order valence-electron chi connectivity index (χ1n) is 6.47. The van der Waals surface area contributed by atoms with Crippen LogP contribution in [-0.4, -0.2) is 48.1 Å². The molecule has 0 aliphatic carbocycles. The summed E-state index contributed by atoms with van der Waals surface area (Å²) in [7, 11) is 0. The molecule has 2 rings (SSSR count). The molecule has 0 atom stereocenters. The molecule has 0 radical (unpaired) electrons. The number of hydrogen-bond acceptors (Lipinski definition) is 5. The van der Waals surface area contributed by atoms with Gasteiger partial charge in [-0.2, -0.15) is 5.10 Å². The van der Waals surface area contributed by atoms with Gasteiger partial charge in [-0.1, -0.05) is 0 Å². The van der Waals surface area contributed by atoms with Crippen LogP contribution in [0.5, 0.6) is 0 Å². The van der Waals surface area contributed by atoms with E-state index in [9.17, 15) is 14.4 Å². The molecule has 0 aromatic carbocycles. The van der Waals surface area contributed by atoms with Gasteiger partial charge in [0.05, 0.1) is 0 Å². The number of hydrazone groups is 1. The maximum atomic E-state index is 11.8. The highest BCUT2D eigenvalue weighted by atomic mass is 16.5. The van der Waals surface area contributed by atoms with Crippen molar-refractivity contribution in [3.8, 4) is 0 Å². The van der Waals surface area contributed by atoms with Crippen molar-refractivity contribution in [2.24, 2.45) is 5.10 Å². The summed E-state index contributed by atoms with van der Waals surface area (Å²) in [5.41, 5.74) is 2.38. The number of carbonyl (C=O) groups is 3. The van der Waals surface area contributed by atoms with Gasteiger partial charge in [0.25, 0.3) is 5.91 Å². The second-order valence-electron chi connectivity index (χ2n) is 4.61. The minimum Gasteiger partial charge on any atom is -0.451 e. The predicted octanol–water partition coefficient (Wildman–Crippen LogP) is -0.192. The summed E-state index contributed by atoms with van der Waals surface area (Å²) in [4.78, 5) is 36.0. The molecule has 2 aliphatic heterocycles. The number of hydrogen-bond donors (Lipinski definition) is 1. The number of nitrogens with zero attached hydrogens (tertiary/aromatic N) is 2. The van der Waals surface area contributed by atoms with Gasteiger partial charge in [0.15, 0.2) is 6.61 Å². The molecule has 104 valence electrons. The Morgan fingerprint density at radius 2 is 1.95 bits per heavy atom. The molecule has 1 fully saturated rings. The standard InChI is InChI=1S/C12H17N3O4/c16-10-5-4-9(13-14-10)12(18)19-8-11(17)15-6-2-1-3-7-15/h1-8H2,(H,14,16). The molecule has 2 heterocycles. The Kier molecular flexibility index (Phi) is 4.48. The van der Waals surface area contributed by atoms with Crippen LogP contribution in [0.4, 0.5) is 0 Å². The predicted molar refractivity (Wildman–Crippen MR) is 66.2 cm³/mol. The van der Waals surface area contributed by atoms with E-state index < -0.39 is 5.97 Å². The van der Waals surface area contributed by atoms with Gasteiger partial charge in [-0.15, -0.1) is 0 Å². The van der Waals surface area contributed by atoms with E-state index in [4.69, 9.17) is 4.74 Å². The van der Waals surface area contributed by atoms with Crippen LogP contribution in [0.3, 0.4) is 0 Å². The Labute approximate surface area is 111 Å². The average molecular weight is 267 g/mol. The van der Waals surface area contributed by atoms with Crippen LogP contribution >= 0.6 is 0 Å². The molecule has 0 unspecified atom stereocenters. The Morgan fingerprint density at radius 3 is 2.58 bits per heavy atom. The highest BCUT2D eigenvalue weighted by Crippen LogP contribution is 2.09. The fraction of sp³-hybridized carbons (Fsp3) is 0.667. The van der Waals surface area contributed by atoms with Gasteiger partial charge >= 0.3 is 5.97 Å². The molecular weight excluding hydrogens is 250 g/mol. The number of rotatable bonds is 3. The average Bonchev–Trinajstić information content (AvgIpc) is 2.46. The van der Waals surface area contributed by atoms with Crippen molar-refractivity contribution >= 4 is 23.5 Å². The number of piperidine rings is 1. The summed E-state index contributed by atoms with van der Waals surface area (Å²) in [6.45, 7) is 1.20. The van der Waals surface area contributed by atoms with Crippen molar-refractivity contribution in [3.05, 3.63) is 0 Å². The van der Waals surface area contributed by atoms with Crippen LogP contribution in [0.25, 0.3) is 0 Å². The van der Waals surface area contributed by atoms with Crippen LogP contribution in [0.2, 0.25) is 0 Å². The Balaban J connectivity index is 1.76. The summed E-state index contributed by atoms with van der Waals surface area (Å²) in [6, 6.07) is 0. The lowest BCUT2D eigenvalue weighted by atomic mass is 10.1. The fourth-order valence-corrected chi connectivity index (χ4v) is 2.07. The van der Waals surface area contributed by atoms with Gasteiger partial charge in [0, 0.05) is 25.9 Å². The molecule has 2 amide bonds. The maximum Gasteiger partial charge on any atom is 0.355 e. The van der Waals surface area contributed by atoms with Gasteiger partial charge in [-0.25, -0.2) is 10.2 Å². The van der Waals surface area contributed by atoms with Crippen molar-refractivity contribution in [3.63, 3.8) is 0 Å². The van der Waals surface area contributed by atoms with Crippen molar-refractivity contribution in [1.29, 1.82) is 0 Å². The van der Waals surface area contributed by atoms with Crippen molar-refractivity contribution in [1.82, 2.24) is 10.3 Å². The van der Waals surface area contributed by atoms with Crippen molar-refractivity contribution < 1.29 is 19.1 Å². The number of ether oxygens (including phenoxy) is 1. The van der Waals surface area contributed by atoms with E-state index in [0.717, 1.165) is 32.4 Å². The molecule has 2 aliphatic rings. The van der Waals surface area contributed by atoms with E-state index in [1.165, 1.54) is 0 Å². The van der Waals surface area contributed by atoms with Gasteiger partial charge in [0.2, 0.25) is 5.91 Å². The number of carbonyl (C=O) groups excluding carboxylic acids is 3. The molecule has 1 saturated heterocycles. The minimum atomic E-state index is -0.634. The monoisotopic (exact) mass is 267 g/mol. The van der Waals surface area contributed by atoms with Crippen molar-refractivity contribution in [2.45, 2.75) is 32.1 Å². The molecule has 7 nitrogen and oxygen atoms in total. The Morgan fingerprint density at radius 1 is 1.21 bits per heavy atom. The molecule has 0 aromatic rings. The minimum absolute atomic E-state index is 0.158. The topological polar surface area (TPSA) is 88.1 Å². The third-order valence-corrected chi connectivity index (χ3v) is 3.18. The smallest absolute Gasteiger partial charge is 0.355 e. The highest BCUT2D eigenvalue weighted by Gasteiger charge is 2.22. The van der Waals surface area contributed by atoms with Crippen LogP contribution in [-0.2, 0) is 19.1 Å². The molecule has 0 saturated carbocycles. The zero-order valence-corrected chi connectivity index (χ0v) is 10.7. The molecular formula is C12H17N3O4. The molecule has 0 bridgehead atoms. The second kappa shape index (κ2) is 6.31. The van der Waals surface area contributed by atoms with Crippen LogP contribution < -0.4 is 5.43 Å². The molecule has 1 N–H and O–H groups in total. The van der Waals surface area contributed by atoms with E-state index in [1.807, 2.05) is 0 Å². The largest absolute Gasteiger partial charge is 0.451 e. The van der Waals surface area contributed by atoms with E-state index in [0.29, 0.717) is 0 Å². The van der Waals surface area contributed by atoms with E-state index in [1.54, 1.807) is 4.90 Å². The van der Waals surface area contributed by atoms with Gasteiger partial charge in [0.1, 0.15) is 5.71 Å². The van der Waals surface area contributed by atoms with Gasteiger partial charge in [-0.3, -0.25) is 9.59 Å². The lowest BCUT2D eigenvalue weighted by Gasteiger charge is -2.26. The third kappa shape index (κ3) is 3.77. The lowest BCUT2D eigenvalue weighted by molar-refractivity contribution is -0.147. The van der Waals surface area contributed by atoms with Crippen molar-refractivity contribution in [2.75, 3.05) is 19.7 Å². The SMILES string of the molecule is O=C1CCC(C(=O)OCC(=O)N2CCCCC2)=NN1.